The molecule has 0 aliphatic rings. The van der Waals surface area contributed by atoms with E-state index in [1.54, 1.807) is 12.1 Å². The standard InChI is InChI=1S/C11H13ClO2/c1-4-8-6-9(11(13)14-3)5-7(2)10(8)12/h5-6H,4H2,1-3H3. The average Bonchev–Trinajstić information content (AvgIpc) is 2.20. The first-order valence-corrected chi connectivity index (χ1v) is 4.85. The molecule has 3 heteroatoms. The molecule has 1 rings (SSSR count). The van der Waals surface area contributed by atoms with Crippen LogP contribution in [0.3, 0.4) is 0 Å². The molecule has 0 aromatic heterocycles. The molecule has 0 spiro atoms. The lowest BCUT2D eigenvalue weighted by atomic mass is 10.0. The number of carbonyl (C=O) groups excluding carboxylic acids is 1. The van der Waals surface area contributed by atoms with Crippen LogP contribution >= 0.6 is 11.6 Å². The highest BCUT2D eigenvalue weighted by atomic mass is 35.5. The number of aryl methyl sites for hydroxylation is 2. The van der Waals surface area contributed by atoms with Crippen molar-refractivity contribution in [3.8, 4) is 0 Å². The molecule has 1 aromatic rings. The van der Waals surface area contributed by atoms with Gasteiger partial charge in [-0.2, -0.15) is 0 Å². The number of hydrogen-bond acceptors (Lipinski definition) is 2. The third-order valence-corrected chi connectivity index (χ3v) is 2.67. The van der Waals surface area contributed by atoms with Gasteiger partial charge in [-0.1, -0.05) is 18.5 Å². The number of hydrogen-bond donors (Lipinski definition) is 0. The molecule has 0 aliphatic carbocycles. The Morgan fingerprint density at radius 2 is 2.14 bits per heavy atom. The Balaban J connectivity index is 3.22. The summed E-state index contributed by atoms with van der Waals surface area (Å²) in [7, 11) is 1.37. The van der Waals surface area contributed by atoms with Crippen molar-refractivity contribution in [2.45, 2.75) is 20.3 Å². The summed E-state index contributed by atoms with van der Waals surface area (Å²) in [4.78, 5) is 11.3. The van der Waals surface area contributed by atoms with E-state index in [1.165, 1.54) is 7.11 Å². The molecule has 0 atom stereocenters. The Bertz CT molecular complexity index is 359. The third-order valence-electron chi connectivity index (χ3n) is 2.13. The van der Waals surface area contributed by atoms with Gasteiger partial charge in [-0.25, -0.2) is 4.79 Å². The van der Waals surface area contributed by atoms with Gasteiger partial charge in [-0.15, -0.1) is 0 Å². The Morgan fingerprint density at radius 3 is 2.64 bits per heavy atom. The van der Waals surface area contributed by atoms with Gasteiger partial charge in [-0.05, 0) is 36.6 Å². The van der Waals surface area contributed by atoms with Crippen LogP contribution in [0.25, 0.3) is 0 Å². The Hall–Kier alpha value is -1.02. The van der Waals surface area contributed by atoms with E-state index < -0.39 is 0 Å². The van der Waals surface area contributed by atoms with E-state index in [1.807, 2.05) is 13.8 Å². The number of halogens is 1. The predicted octanol–water partition coefficient (Wildman–Crippen LogP) is 3.00. The molecule has 14 heavy (non-hydrogen) atoms. The molecule has 0 radical (unpaired) electrons. The number of carbonyl (C=O) groups is 1. The molecule has 0 saturated carbocycles. The van der Waals surface area contributed by atoms with Crippen LogP contribution in [-0.4, -0.2) is 13.1 Å². The molecule has 0 aliphatic heterocycles. The predicted molar refractivity (Wildman–Crippen MR) is 56.9 cm³/mol. The molecule has 0 heterocycles. The number of ether oxygens (including phenoxy) is 1. The van der Waals surface area contributed by atoms with E-state index in [0.717, 1.165) is 22.6 Å². The second-order valence-electron chi connectivity index (χ2n) is 3.11. The summed E-state index contributed by atoms with van der Waals surface area (Å²) >= 11 is 6.06. The Kier molecular flexibility index (Phi) is 3.53. The van der Waals surface area contributed by atoms with Crippen LogP contribution in [0.5, 0.6) is 0 Å². The monoisotopic (exact) mass is 212 g/mol. The van der Waals surface area contributed by atoms with Gasteiger partial charge in [0.1, 0.15) is 0 Å². The minimum atomic E-state index is -0.320. The molecule has 0 N–H and O–H groups in total. The molecule has 1 aromatic carbocycles. The van der Waals surface area contributed by atoms with E-state index in [4.69, 9.17) is 11.6 Å². The fourth-order valence-corrected chi connectivity index (χ4v) is 1.58. The van der Waals surface area contributed by atoms with Crippen molar-refractivity contribution in [2.75, 3.05) is 7.11 Å². The number of methoxy groups -OCH3 is 1. The highest BCUT2D eigenvalue weighted by Gasteiger charge is 2.10. The second kappa shape index (κ2) is 4.47. The van der Waals surface area contributed by atoms with Gasteiger partial charge < -0.3 is 4.74 Å². The first-order valence-electron chi connectivity index (χ1n) is 4.47. The van der Waals surface area contributed by atoms with Crippen LogP contribution in [0.15, 0.2) is 12.1 Å². The molecule has 0 bridgehead atoms. The maximum atomic E-state index is 11.3. The van der Waals surface area contributed by atoms with Gasteiger partial charge in [-0.3, -0.25) is 0 Å². The van der Waals surface area contributed by atoms with Crippen molar-refractivity contribution >= 4 is 17.6 Å². The molecule has 76 valence electrons. The van der Waals surface area contributed by atoms with Gasteiger partial charge >= 0.3 is 5.97 Å². The van der Waals surface area contributed by atoms with E-state index >= 15 is 0 Å². The molecule has 0 fully saturated rings. The van der Waals surface area contributed by atoms with Crippen molar-refractivity contribution in [3.63, 3.8) is 0 Å². The quantitative estimate of drug-likeness (QED) is 0.705. The zero-order valence-corrected chi connectivity index (χ0v) is 9.31. The van der Waals surface area contributed by atoms with Crippen LogP contribution in [0.4, 0.5) is 0 Å². The minimum Gasteiger partial charge on any atom is -0.465 e. The summed E-state index contributed by atoms with van der Waals surface area (Å²) in [6.45, 7) is 3.88. The van der Waals surface area contributed by atoms with Crippen LogP contribution in [0.1, 0.15) is 28.4 Å². The van der Waals surface area contributed by atoms with Crippen molar-refractivity contribution in [1.29, 1.82) is 0 Å². The summed E-state index contributed by atoms with van der Waals surface area (Å²) in [5.74, 6) is -0.320. The molecule has 2 nitrogen and oxygen atoms in total. The van der Waals surface area contributed by atoms with Gasteiger partial charge in [0.05, 0.1) is 12.7 Å². The lowest BCUT2D eigenvalue weighted by Gasteiger charge is -2.07. The fraction of sp³-hybridized carbons (Fsp3) is 0.364. The van der Waals surface area contributed by atoms with Crippen LogP contribution < -0.4 is 0 Å². The zero-order chi connectivity index (χ0) is 10.7. The molecular formula is C11H13ClO2. The highest BCUT2D eigenvalue weighted by Crippen LogP contribution is 2.23. The molecule has 0 unspecified atom stereocenters. The van der Waals surface area contributed by atoms with Crippen molar-refractivity contribution < 1.29 is 9.53 Å². The molecule has 0 saturated heterocycles. The summed E-state index contributed by atoms with van der Waals surface area (Å²) in [5.41, 5.74) is 2.45. The SMILES string of the molecule is CCc1cc(C(=O)OC)cc(C)c1Cl. The summed E-state index contributed by atoms with van der Waals surface area (Å²) in [6.07, 6.45) is 0.810. The van der Waals surface area contributed by atoms with Gasteiger partial charge in [0.2, 0.25) is 0 Å². The smallest absolute Gasteiger partial charge is 0.337 e. The Morgan fingerprint density at radius 1 is 1.50 bits per heavy atom. The molecule has 0 amide bonds. The first-order chi connectivity index (χ1) is 6.60. The van der Waals surface area contributed by atoms with E-state index in [-0.39, 0.29) is 5.97 Å². The average molecular weight is 213 g/mol. The lowest BCUT2D eigenvalue weighted by Crippen LogP contribution is -2.03. The summed E-state index contributed by atoms with van der Waals surface area (Å²) in [5, 5.41) is 0.736. The maximum absolute atomic E-state index is 11.3. The van der Waals surface area contributed by atoms with Crippen LogP contribution in [0, 0.1) is 6.92 Å². The number of rotatable bonds is 2. The van der Waals surface area contributed by atoms with Gasteiger partial charge in [0.25, 0.3) is 0 Å². The fourth-order valence-electron chi connectivity index (χ4n) is 1.34. The van der Waals surface area contributed by atoms with Crippen molar-refractivity contribution in [1.82, 2.24) is 0 Å². The summed E-state index contributed by atoms with van der Waals surface area (Å²) in [6, 6.07) is 3.52. The zero-order valence-electron chi connectivity index (χ0n) is 8.56. The largest absolute Gasteiger partial charge is 0.465 e. The topological polar surface area (TPSA) is 26.3 Å². The first kappa shape index (κ1) is 11.1. The highest BCUT2D eigenvalue weighted by molar-refractivity contribution is 6.32. The maximum Gasteiger partial charge on any atom is 0.337 e. The third kappa shape index (κ3) is 2.07. The lowest BCUT2D eigenvalue weighted by molar-refractivity contribution is 0.0600. The number of benzene rings is 1. The second-order valence-corrected chi connectivity index (χ2v) is 3.49. The Labute approximate surface area is 88.8 Å². The normalized spacial score (nSPS) is 10.0. The minimum absolute atomic E-state index is 0.320. The van der Waals surface area contributed by atoms with Crippen molar-refractivity contribution in [3.05, 3.63) is 33.8 Å². The van der Waals surface area contributed by atoms with E-state index in [9.17, 15) is 4.79 Å². The van der Waals surface area contributed by atoms with Crippen LogP contribution in [0.2, 0.25) is 5.02 Å². The van der Waals surface area contributed by atoms with Crippen LogP contribution in [-0.2, 0) is 11.2 Å². The van der Waals surface area contributed by atoms with Gasteiger partial charge in [0.15, 0.2) is 0 Å². The van der Waals surface area contributed by atoms with Crippen molar-refractivity contribution in [2.24, 2.45) is 0 Å². The number of esters is 1. The molecular weight excluding hydrogens is 200 g/mol. The summed E-state index contributed by atoms with van der Waals surface area (Å²) < 4.78 is 4.65. The van der Waals surface area contributed by atoms with E-state index in [0.29, 0.717) is 5.56 Å². The van der Waals surface area contributed by atoms with E-state index in [2.05, 4.69) is 4.74 Å². The van der Waals surface area contributed by atoms with Gasteiger partial charge in [0, 0.05) is 5.02 Å².